The third kappa shape index (κ3) is 6.05. The van der Waals surface area contributed by atoms with E-state index in [2.05, 4.69) is 5.32 Å². The molecule has 1 heterocycles. The van der Waals surface area contributed by atoms with Crippen molar-refractivity contribution in [1.29, 1.82) is 0 Å². The molecule has 2 aromatic carbocycles. The third-order valence-corrected chi connectivity index (χ3v) is 6.85. The number of nitrogens with zero attached hydrogens (tertiary/aromatic N) is 1. The van der Waals surface area contributed by atoms with Crippen LogP contribution in [0.4, 0.5) is 0 Å². The Morgan fingerprint density at radius 1 is 0.931 bits per heavy atom. The lowest BCUT2D eigenvalue weighted by Crippen LogP contribution is -2.35. The fraction of sp³-hybridized carbons (Fsp3) is 0.409. The van der Waals surface area contributed by atoms with E-state index in [1.165, 1.54) is 16.4 Å². The van der Waals surface area contributed by atoms with Gasteiger partial charge in [-0.2, -0.15) is 4.31 Å². The minimum atomic E-state index is -3.47. The van der Waals surface area contributed by atoms with Crippen LogP contribution in [0.15, 0.2) is 59.5 Å². The summed E-state index contributed by atoms with van der Waals surface area (Å²) in [6.07, 6.45) is 4.51. The normalized spacial score (nSPS) is 15.0. The van der Waals surface area contributed by atoms with Crippen molar-refractivity contribution in [1.82, 2.24) is 9.62 Å². The van der Waals surface area contributed by atoms with E-state index in [9.17, 15) is 13.2 Å². The summed E-state index contributed by atoms with van der Waals surface area (Å²) in [5.41, 5.74) is 0.461. The first-order chi connectivity index (χ1) is 14.1. The lowest BCUT2D eigenvalue weighted by Gasteiger charge is -2.25. The molecule has 1 fully saturated rings. The molecule has 3 rings (SSSR count). The van der Waals surface area contributed by atoms with Crippen molar-refractivity contribution in [2.75, 3.05) is 26.2 Å². The summed E-state index contributed by atoms with van der Waals surface area (Å²) in [6, 6.07) is 15.8. The zero-order chi connectivity index (χ0) is 20.5. The highest BCUT2D eigenvalue weighted by atomic mass is 32.2. The molecule has 0 bridgehead atoms. The van der Waals surface area contributed by atoms with Gasteiger partial charge in [-0.1, -0.05) is 24.6 Å². The van der Waals surface area contributed by atoms with Crippen LogP contribution in [-0.2, 0) is 10.0 Å². The van der Waals surface area contributed by atoms with Crippen LogP contribution in [0.3, 0.4) is 0 Å². The number of sulfonamides is 1. The second-order valence-electron chi connectivity index (χ2n) is 7.11. The quantitative estimate of drug-likeness (QED) is 0.635. The molecule has 0 saturated carbocycles. The standard InChI is InChI=1S/C22H28N2O4S/c25-22(23-15-5-8-18-28-20-9-3-1-4-10-20)19-11-13-21(14-12-19)29(26,27)24-16-6-2-7-17-24/h1,3-4,9-14H,2,5-8,15-18H2,(H,23,25). The van der Waals surface area contributed by atoms with E-state index in [0.717, 1.165) is 37.9 Å². The molecule has 0 radical (unpaired) electrons. The van der Waals surface area contributed by atoms with Gasteiger partial charge >= 0.3 is 0 Å². The van der Waals surface area contributed by atoms with Crippen molar-refractivity contribution in [2.45, 2.75) is 37.0 Å². The Morgan fingerprint density at radius 2 is 1.62 bits per heavy atom. The van der Waals surface area contributed by atoms with Gasteiger partial charge in [-0.3, -0.25) is 4.79 Å². The van der Waals surface area contributed by atoms with E-state index in [1.54, 1.807) is 12.1 Å². The molecule has 156 valence electrons. The summed E-state index contributed by atoms with van der Waals surface area (Å²) < 4.78 is 32.5. The predicted octanol–water partition coefficient (Wildman–Crippen LogP) is 3.45. The van der Waals surface area contributed by atoms with Crippen LogP contribution in [0.25, 0.3) is 0 Å². The Morgan fingerprint density at radius 3 is 2.31 bits per heavy atom. The number of rotatable bonds is 9. The van der Waals surface area contributed by atoms with Gasteiger partial charge in [0.15, 0.2) is 0 Å². The first-order valence-electron chi connectivity index (χ1n) is 10.1. The van der Waals surface area contributed by atoms with E-state index in [1.807, 2.05) is 30.3 Å². The van der Waals surface area contributed by atoms with Crippen LogP contribution < -0.4 is 10.1 Å². The molecule has 0 aromatic heterocycles. The molecule has 1 saturated heterocycles. The summed E-state index contributed by atoms with van der Waals surface area (Å²) in [7, 11) is -3.47. The Balaban J connectivity index is 1.41. The second-order valence-corrected chi connectivity index (χ2v) is 9.05. The van der Waals surface area contributed by atoms with Gasteiger partial charge in [0.2, 0.25) is 10.0 Å². The molecular weight excluding hydrogens is 388 g/mol. The van der Waals surface area contributed by atoms with Crippen LogP contribution in [-0.4, -0.2) is 44.9 Å². The highest BCUT2D eigenvalue weighted by Crippen LogP contribution is 2.20. The Labute approximate surface area is 172 Å². The molecule has 0 atom stereocenters. The van der Waals surface area contributed by atoms with Gasteiger partial charge in [-0.25, -0.2) is 8.42 Å². The lowest BCUT2D eigenvalue weighted by molar-refractivity contribution is 0.0952. The smallest absolute Gasteiger partial charge is 0.251 e. The van der Waals surface area contributed by atoms with Gasteiger partial charge < -0.3 is 10.1 Å². The van der Waals surface area contributed by atoms with Crippen molar-refractivity contribution in [3.05, 3.63) is 60.2 Å². The van der Waals surface area contributed by atoms with Crippen LogP contribution in [0.1, 0.15) is 42.5 Å². The number of hydrogen-bond acceptors (Lipinski definition) is 4. The third-order valence-electron chi connectivity index (χ3n) is 4.94. The average Bonchev–Trinajstić information content (AvgIpc) is 2.77. The van der Waals surface area contributed by atoms with Gasteiger partial charge in [-0.15, -0.1) is 0 Å². The fourth-order valence-corrected chi connectivity index (χ4v) is 4.79. The van der Waals surface area contributed by atoms with Crippen LogP contribution in [0.5, 0.6) is 5.75 Å². The molecule has 0 spiro atoms. The summed E-state index contributed by atoms with van der Waals surface area (Å²) in [5, 5.41) is 2.86. The van der Waals surface area contributed by atoms with Crippen molar-refractivity contribution < 1.29 is 17.9 Å². The Kier molecular flexibility index (Phi) is 7.66. The molecule has 1 amide bonds. The van der Waals surface area contributed by atoms with Crippen molar-refractivity contribution in [2.24, 2.45) is 0 Å². The lowest BCUT2D eigenvalue weighted by atomic mass is 10.2. The Bertz CT molecular complexity index is 877. The van der Waals surface area contributed by atoms with Gasteiger partial charge in [0.1, 0.15) is 5.75 Å². The SMILES string of the molecule is O=C(NCCCCOc1ccccc1)c1ccc(S(=O)(=O)N2CCCCC2)cc1. The van der Waals surface area contributed by atoms with Crippen molar-refractivity contribution in [3.8, 4) is 5.75 Å². The first-order valence-corrected chi connectivity index (χ1v) is 11.6. The van der Waals surface area contributed by atoms with E-state index >= 15 is 0 Å². The highest BCUT2D eigenvalue weighted by molar-refractivity contribution is 7.89. The summed E-state index contributed by atoms with van der Waals surface area (Å²) >= 11 is 0. The molecule has 1 aliphatic rings. The van der Waals surface area contributed by atoms with Crippen LogP contribution >= 0.6 is 0 Å². The van der Waals surface area contributed by atoms with Crippen LogP contribution in [0.2, 0.25) is 0 Å². The molecule has 6 nitrogen and oxygen atoms in total. The highest BCUT2D eigenvalue weighted by Gasteiger charge is 2.25. The van der Waals surface area contributed by atoms with Gasteiger partial charge in [-0.05, 0) is 62.1 Å². The fourth-order valence-electron chi connectivity index (χ4n) is 3.27. The Hall–Kier alpha value is -2.38. The van der Waals surface area contributed by atoms with E-state index in [-0.39, 0.29) is 10.8 Å². The number of amides is 1. The largest absolute Gasteiger partial charge is 0.494 e. The number of nitrogens with one attached hydrogen (secondary N) is 1. The molecular formula is C22H28N2O4S. The summed E-state index contributed by atoms with van der Waals surface area (Å²) in [5.74, 6) is 0.645. The molecule has 0 unspecified atom stereocenters. The number of piperidine rings is 1. The summed E-state index contributed by atoms with van der Waals surface area (Å²) in [6.45, 7) is 2.28. The number of ether oxygens (including phenoxy) is 1. The number of hydrogen-bond donors (Lipinski definition) is 1. The van der Waals surface area contributed by atoms with Gasteiger partial charge in [0.25, 0.3) is 5.91 Å². The van der Waals surface area contributed by atoms with E-state index in [4.69, 9.17) is 4.74 Å². The van der Waals surface area contributed by atoms with Crippen molar-refractivity contribution >= 4 is 15.9 Å². The maximum Gasteiger partial charge on any atom is 0.251 e. The topological polar surface area (TPSA) is 75.7 Å². The molecule has 1 N–H and O–H groups in total. The maximum absolute atomic E-state index is 12.7. The van der Waals surface area contributed by atoms with Gasteiger partial charge in [0, 0.05) is 25.2 Å². The molecule has 29 heavy (non-hydrogen) atoms. The van der Waals surface area contributed by atoms with E-state index < -0.39 is 10.0 Å². The molecule has 2 aromatic rings. The van der Waals surface area contributed by atoms with Gasteiger partial charge in [0.05, 0.1) is 11.5 Å². The van der Waals surface area contributed by atoms with Crippen molar-refractivity contribution in [3.63, 3.8) is 0 Å². The summed E-state index contributed by atoms with van der Waals surface area (Å²) in [4.78, 5) is 12.5. The number of unbranched alkanes of at least 4 members (excludes halogenated alkanes) is 1. The number of carbonyl (C=O) groups excluding carboxylic acids is 1. The zero-order valence-electron chi connectivity index (χ0n) is 16.5. The zero-order valence-corrected chi connectivity index (χ0v) is 17.4. The molecule has 1 aliphatic heterocycles. The second kappa shape index (κ2) is 10.4. The monoisotopic (exact) mass is 416 g/mol. The van der Waals surface area contributed by atoms with Crippen LogP contribution in [0, 0.1) is 0 Å². The maximum atomic E-state index is 12.7. The first kappa shape index (κ1) is 21.3. The minimum Gasteiger partial charge on any atom is -0.494 e. The number of para-hydroxylation sites is 1. The molecule has 7 heteroatoms. The van der Waals surface area contributed by atoms with E-state index in [0.29, 0.717) is 31.8 Å². The predicted molar refractivity (Wildman–Crippen MR) is 113 cm³/mol. The molecule has 0 aliphatic carbocycles. The average molecular weight is 417 g/mol. The minimum absolute atomic E-state index is 0.198. The number of carbonyl (C=O) groups is 1. The number of benzene rings is 2.